The standard InChI is InChI=1S/C17H20N6O4/c1-6-27-16(24)13-14(22-23-10(3)7-9(2)18-15(13)23)21-17-19-11(25-4)8-12(20-17)26-5/h7-8H,6H2,1-5H3,(H,19,20,21,22). The molecule has 142 valence electrons. The molecule has 10 heteroatoms. The minimum atomic E-state index is -0.539. The lowest BCUT2D eigenvalue weighted by molar-refractivity contribution is 0.0529. The molecule has 0 saturated carbocycles. The van der Waals surface area contributed by atoms with Gasteiger partial charge in [0.25, 0.3) is 0 Å². The van der Waals surface area contributed by atoms with Crippen LogP contribution in [0.4, 0.5) is 11.8 Å². The average molecular weight is 372 g/mol. The maximum atomic E-state index is 12.6. The molecule has 0 saturated heterocycles. The van der Waals surface area contributed by atoms with Gasteiger partial charge in [-0.25, -0.2) is 14.3 Å². The maximum Gasteiger partial charge on any atom is 0.345 e. The molecule has 0 fully saturated rings. The largest absolute Gasteiger partial charge is 0.481 e. The molecular weight excluding hydrogens is 352 g/mol. The number of methoxy groups -OCH3 is 2. The third-order valence-electron chi connectivity index (χ3n) is 3.70. The smallest absolute Gasteiger partial charge is 0.345 e. The van der Waals surface area contributed by atoms with Crippen molar-refractivity contribution in [2.45, 2.75) is 20.8 Å². The fourth-order valence-electron chi connectivity index (χ4n) is 2.57. The number of aromatic nitrogens is 5. The van der Waals surface area contributed by atoms with Gasteiger partial charge in [0, 0.05) is 11.4 Å². The summed E-state index contributed by atoms with van der Waals surface area (Å²) >= 11 is 0. The Morgan fingerprint density at radius 2 is 1.78 bits per heavy atom. The summed E-state index contributed by atoms with van der Waals surface area (Å²) in [6.45, 7) is 5.68. The molecule has 0 bridgehead atoms. The van der Waals surface area contributed by atoms with E-state index in [1.807, 2.05) is 19.9 Å². The summed E-state index contributed by atoms with van der Waals surface area (Å²) in [5.41, 5.74) is 2.17. The van der Waals surface area contributed by atoms with Crippen LogP contribution in [0.25, 0.3) is 5.65 Å². The van der Waals surface area contributed by atoms with Crippen LogP contribution in [-0.4, -0.2) is 51.4 Å². The second kappa shape index (κ2) is 7.44. The van der Waals surface area contributed by atoms with Crippen LogP contribution >= 0.6 is 0 Å². The van der Waals surface area contributed by atoms with E-state index in [2.05, 4.69) is 25.4 Å². The Morgan fingerprint density at radius 3 is 2.37 bits per heavy atom. The molecule has 0 aliphatic carbocycles. The molecule has 1 N–H and O–H groups in total. The Balaban J connectivity index is 2.15. The van der Waals surface area contributed by atoms with Crippen molar-refractivity contribution in [2.24, 2.45) is 0 Å². The van der Waals surface area contributed by atoms with Crippen LogP contribution in [0.2, 0.25) is 0 Å². The molecule has 3 heterocycles. The van der Waals surface area contributed by atoms with Gasteiger partial charge in [0.2, 0.25) is 17.7 Å². The first-order valence-electron chi connectivity index (χ1n) is 8.25. The van der Waals surface area contributed by atoms with Gasteiger partial charge in [0.1, 0.15) is 5.56 Å². The quantitative estimate of drug-likeness (QED) is 0.650. The van der Waals surface area contributed by atoms with Crippen LogP contribution in [0.3, 0.4) is 0 Å². The number of anilines is 2. The molecular formula is C17H20N6O4. The normalized spacial score (nSPS) is 10.7. The number of hydrogen-bond acceptors (Lipinski definition) is 9. The molecule has 3 aromatic heterocycles. The van der Waals surface area contributed by atoms with Gasteiger partial charge in [-0.1, -0.05) is 0 Å². The highest BCUT2D eigenvalue weighted by molar-refractivity contribution is 6.01. The summed E-state index contributed by atoms with van der Waals surface area (Å²) in [5.74, 6) is 0.453. The Hall–Kier alpha value is -3.43. The fourth-order valence-corrected chi connectivity index (χ4v) is 2.57. The minimum Gasteiger partial charge on any atom is -0.481 e. The highest BCUT2D eigenvalue weighted by Crippen LogP contribution is 2.26. The van der Waals surface area contributed by atoms with Gasteiger partial charge in [-0.2, -0.15) is 9.97 Å². The third kappa shape index (κ3) is 3.59. The van der Waals surface area contributed by atoms with E-state index in [9.17, 15) is 4.79 Å². The number of aryl methyl sites for hydroxylation is 2. The van der Waals surface area contributed by atoms with Crippen molar-refractivity contribution in [1.82, 2.24) is 24.6 Å². The van der Waals surface area contributed by atoms with Crippen LogP contribution < -0.4 is 14.8 Å². The summed E-state index contributed by atoms with van der Waals surface area (Å²) in [4.78, 5) is 25.4. The van der Waals surface area contributed by atoms with Gasteiger partial charge in [-0.15, -0.1) is 5.10 Å². The zero-order valence-electron chi connectivity index (χ0n) is 15.7. The highest BCUT2D eigenvalue weighted by atomic mass is 16.5. The van der Waals surface area contributed by atoms with Gasteiger partial charge in [-0.05, 0) is 26.8 Å². The molecule has 3 rings (SSSR count). The summed E-state index contributed by atoms with van der Waals surface area (Å²) in [6.07, 6.45) is 0. The molecule has 0 aromatic carbocycles. The van der Waals surface area contributed by atoms with E-state index in [0.717, 1.165) is 11.4 Å². The van der Waals surface area contributed by atoms with Crippen molar-refractivity contribution in [3.05, 3.63) is 29.1 Å². The number of carbonyl (C=O) groups excluding carboxylic acids is 1. The number of hydrogen-bond donors (Lipinski definition) is 1. The molecule has 0 amide bonds. The van der Waals surface area contributed by atoms with Gasteiger partial charge in [0.05, 0.1) is 26.9 Å². The third-order valence-corrected chi connectivity index (χ3v) is 3.70. The van der Waals surface area contributed by atoms with Crippen molar-refractivity contribution >= 4 is 23.4 Å². The number of fused-ring (bicyclic) bond motifs is 1. The minimum absolute atomic E-state index is 0.162. The first-order valence-corrected chi connectivity index (χ1v) is 8.25. The molecule has 0 spiro atoms. The van der Waals surface area contributed by atoms with Crippen molar-refractivity contribution in [1.29, 1.82) is 0 Å². The SMILES string of the molecule is CCOC(=O)c1c(Nc2nc(OC)cc(OC)n2)nn2c(C)cc(C)nc12. The maximum absolute atomic E-state index is 12.6. The number of esters is 1. The second-order valence-corrected chi connectivity index (χ2v) is 5.62. The van der Waals surface area contributed by atoms with E-state index >= 15 is 0 Å². The van der Waals surface area contributed by atoms with E-state index in [-0.39, 0.29) is 23.9 Å². The Kier molecular flexibility index (Phi) is 5.06. The van der Waals surface area contributed by atoms with Gasteiger partial charge in [-0.3, -0.25) is 0 Å². The van der Waals surface area contributed by atoms with Crippen molar-refractivity contribution in [2.75, 3.05) is 26.1 Å². The Labute approximate surface area is 155 Å². The van der Waals surface area contributed by atoms with Crippen molar-refractivity contribution in [3.8, 4) is 11.8 Å². The highest BCUT2D eigenvalue weighted by Gasteiger charge is 2.24. The topological polar surface area (TPSA) is 113 Å². The lowest BCUT2D eigenvalue weighted by Crippen LogP contribution is -2.09. The predicted molar refractivity (Wildman–Crippen MR) is 96.8 cm³/mol. The molecule has 0 radical (unpaired) electrons. The van der Waals surface area contributed by atoms with E-state index in [0.29, 0.717) is 17.4 Å². The van der Waals surface area contributed by atoms with Gasteiger partial charge >= 0.3 is 5.97 Å². The lowest BCUT2D eigenvalue weighted by Gasteiger charge is -2.07. The number of ether oxygens (including phenoxy) is 3. The van der Waals surface area contributed by atoms with Gasteiger partial charge in [0.15, 0.2) is 11.5 Å². The molecule has 0 unspecified atom stereocenters. The van der Waals surface area contributed by atoms with Crippen molar-refractivity contribution < 1.29 is 19.0 Å². The molecule has 3 aromatic rings. The summed E-state index contributed by atoms with van der Waals surface area (Å²) in [7, 11) is 2.97. The van der Waals surface area contributed by atoms with Gasteiger partial charge < -0.3 is 19.5 Å². The van der Waals surface area contributed by atoms with E-state index in [4.69, 9.17) is 14.2 Å². The first kappa shape index (κ1) is 18.4. The molecule has 0 atom stereocenters. The van der Waals surface area contributed by atoms with Crippen LogP contribution in [0.5, 0.6) is 11.8 Å². The Bertz CT molecular complexity index is 978. The van der Waals surface area contributed by atoms with E-state index in [1.54, 1.807) is 11.4 Å². The van der Waals surface area contributed by atoms with Crippen LogP contribution in [0.1, 0.15) is 28.7 Å². The molecule has 0 aliphatic heterocycles. The summed E-state index contributed by atoms with van der Waals surface area (Å²) < 4.78 is 17.0. The van der Waals surface area contributed by atoms with E-state index in [1.165, 1.54) is 20.3 Å². The molecule has 10 nitrogen and oxygen atoms in total. The molecule has 27 heavy (non-hydrogen) atoms. The Morgan fingerprint density at radius 1 is 1.11 bits per heavy atom. The second-order valence-electron chi connectivity index (χ2n) is 5.62. The fraction of sp³-hybridized carbons (Fsp3) is 0.353. The monoisotopic (exact) mass is 372 g/mol. The number of carbonyl (C=O) groups is 1. The number of rotatable bonds is 6. The van der Waals surface area contributed by atoms with Crippen molar-refractivity contribution in [3.63, 3.8) is 0 Å². The zero-order chi connectivity index (χ0) is 19.6. The van der Waals surface area contributed by atoms with Crippen LogP contribution in [-0.2, 0) is 4.74 Å². The predicted octanol–water partition coefficient (Wildman–Crippen LogP) is 2.07. The van der Waals surface area contributed by atoms with Crippen LogP contribution in [0.15, 0.2) is 12.1 Å². The number of nitrogens with one attached hydrogen (secondary N) is 1. The van der Waals surface area contributed by atoms with E-state index < -0.39 is 5.97 Å². The lowest BCUT2D eigenvalue weighted by atomic mass is 10.3. The summed E-state index contributed by atoms with van der Waals surface area (Å²) in [6, 6.07) is 3.40. The summed E-state index contributed by atoms with van der Waals surface area (Å²) in [5, 5.41) is 7.39. The number of nitrogens with zero attached hydrogens (tertiary/aromatic N) is 5. The van der Waals surface area contributed by atoms with Crippen LogP contribution in [0, 0.1) is 13.8 Å². The molecule has 0 aliphatic rings. The average Bonchev–Trinajstić information content (AvgIpc) is 2.99. The first-order chi connectivity index (χ1) is 13.0. The zero-order valence-corrected chi connectivity index (χ0v) is 15.7.